The highest BCUT2D eigenvalue weighted by atomic mass is 79.9. The van der Waals surface area contributed by atoms with E-state index in [1.165, 1.54) is 18.5 Å². The Balaban J connectivity index is 2.27. The maximum atomic E-state index is 13.3. The normalized spacial score (nSPS) is 10.4. The number of nitrogens with one attached hydrogen (secondary N) is 2. The van der Waals surface area contributed by atoms with Gasteiger partial charge in [0.05, 0.1) is 5.69 Å². The van der Waals surface area contributed by atoms with E-state index in [4.69, 9.17) is 0 Å². The van der Waals surface area contributed by atoms with Crippen molar-refractivity contribution in [3.05, 3.63) is 39.3 Å². The van der Waals surface area contributed by atoms with E-state index in [1.54, 1.807) is 6.07 Å². The zero-order chi connectivity index (χ0) is 14.5. The van der Waals surface area contributed by atoms with E-state index in [0.717, 1.165) is 17.4 Å². The van der Waals surface area contributed by atoms with Gasteiger partial charge in [-0.05, 0) is 56.5 Å². The van der Waals surface area contributed by atoms with Crippen molar-refractivity contribution in [1.82, 2.24) is 9.97 Å². The first kappa shape index (κ1) is 15.2. The van der Waals surface area contributed by atoms with Crippen molar-refractivity contribution in [1.29, 1.82) is 0 Å². The van der Waals surface area contributed by atoms with E-state index in [-0.39, 0.29) is 5.82 Å². The van der Waals surface area contributed by atoms with Gasteiger partial charge in [-0.1, -0.05) is 6.92 Å². The molecule has 1 heterocycles. The largest absolute Gasteiger partial charge is 0.369 e. The third-order valence-corrected chi connectivity index (χ3v) is 3.96. The van der Waals surface area contributed by atoms with Crippen LogP contribution in [-0.4, -0.2) is 16.5 Å². The van der Waals surface area contributed by atoms with Gasteiger partial charge in [-0.3, -0.25) is 0 Å². The molecule has 7 heteroatoms. The van der Waals surface area contributed by atoms with Crippen LogP contribution in [0.4, 0.5) is 21.7 Å². The molecule has 0 saturated carbocycles. The van der Waals surface area contributed by atoms with Crippen LogP contribution in [0.3, 0.4) is 0 Å². The zero-order valence-corrected chi connectivity index (χ0v) is 13.9. The van der Waals surface area contributed by atoms with Crippen molar-refractivity contribution in [3.8, 4) is 0 Å². The average molecular weight is 404 g/mol. The molecule has 0 amide bonds. The fraction of sp³-hybridized carbons (Fsp3) is 0.231. The fourth-order valence-electron chi connectivity index (χ4n) is 1.54. The third-order valence-electron chi connectivity index (χ3n) is 2.51. The Kier molecular flexibility index (Phi) is 5.31. The molecule has 2 N–H and O–H groups in total. The summed E-state index contributed by atoms with van der Waals surface area (Å²) in [7, 11) is 0. The lowest BCUT2D eigenvalue weighted by Crippen LogP contribution is -2.05. The molecule has 0 atom stereocenters. The van der Waals surface area contributed by atoms with Crippen LogP contribution < -0.4 is 10.6 Å². The maximum absolute atomic E-state index is 13.3. The SMILES string of the molecule is CCCNc1ncnc(Nc2cc(F)ccc2Br)c1Br. The second kappa shape index (κ2) is 6.99. The number of benzene rings is 1. The van der Waals surface area contributed by atoms with Crippen LogP contribution in [0, 0.1) is 5.82 Å². The van der Waals surface area contributed by atoms with Crippen molar-refractivity contribution in [2.24, 2.45) is 0 Å². The summed E-state index contributed by atoms with van der Waals surface area (Å²) < 4.78 is 14.7. The van der Waals surface area contributed by atoms with Gasteiger partial charge in [-0.2, -0.15) is 0 Å². The van der Waals surface area contributed by atoms with Gasteiger partial charge in [0.25, 0.3) is 0 Å². The van der Waals surface area contributed by atoms with E-state index in [9.17, 15) is 4.39 Å². The molecule has 106 valence electrons. The molecule has 0 aliphatic carbocycles. The highest BCUT2D eigenvalue weighted by Gasteiger charge is 2.10. The fourth-order valence-corrected chi connectivity index (χ4v) is 2.33. The molecule has 0 unspecified atom stereocenters. The molecule has 0 radical (unpaired) electrons. The second-order valence-electron chi connectivity index (χ2n) is 4.06. The van der Waals surface area contributed by atoms with Gasteiger partial charge in [0.1, 0.15) is 28.3 Å². The third kappa shape index (κ3) is 3.67. The molecule has 4 nitrogen and oxygen atoms in total. The summed E-state index contributed by atoms with van der Waals surface area (Å²) in [6, 6.07) is 4.43. The number of rotatable bonds is 5. The number of halogens is 3. The first-order chi connectivity index (χ1) is 9.61. The second-order valence-corrected chi connectivity index (χ2v) is 5.71. The van der Waals surface area contributed by atoms with Gasteiger partial charge >= 0.3 is 0 Å². The molecule has 0 saturated heterocycles. The number of hydrogen-bond donors (Lipinski definition) is 2. The highest BCUT2D eigenvalue weighted by Crippen LogP contribution is 2.32. The van der Waals surface area contributed by atoms with Crippen molar-refractivity contribution in [2.75, 3.05) is 17.2 Å². The average Bonchev–Trinajstić information content (AvgIpc) is 2.44. The summed E-state index contributed by atoms with van der Waals surface area (Å²) in [6.45, 7) is 2.89. The lowest BCUT2D eigenvalue weighted by molar-refractivity contribution is 0.628. The molecule has 1 aromatic carbocycles. The van der Waals surface area contributed by atoms with E-state index < -0.39 is 0 Å². The standard InChI is InChI=1S/C13H13Br2FN4/c1-2-5-17-12-11(15)13(19-7-18-12)20-10-6-8(16)3-4-9(10)14/h3-4,6-7H,2,5H2,1H3,(H2,17,18,19,20). The Morgan fingerprint density at radius 3 is 2.70 bits per heavy atom. The summed E-state index contributed by atoms with van der Waals surface area (Å²) in [6.07, 6.45) is 2.45. The minimum atomic E-state index is -0.315. The van der Waals surface area contributed by atoms with Crippen LogP contribution in [-0.2, 0) is 0 Å². The van der Waals surface area contributed by atoms with Crippen LogP contribution in [0.5, 0.6) is 0 Å². The van der Waals surface area contributed by atoms with E-state index in [1.807, 2.05) is 0 Å². The molecule has 2 aromatic rings. The van der Waals surface area contributed by atoms with Gasteiger partial charge in [0, 0.05) is 11.0 Å². The molecule has 0 fully saturated rings. The topological polar surface area (TPSA) is 49.8 Å². The lowest BCUT2D eigenvalue weighted by atomic mass is 10.3. The predicted molar refractivity (Wildman–Crippen MR) is 85.9 cm³/mol. The van der Waals surface area contributed by atoms with E-state index in [2.05, 4.69) is 59.4 Å². The summed E-state index contributed by atoms with van der Waals surface area (Å²) in [5, 5.41) is 6.26. The summed E-state index contributed by atoms with van der Waals surface area (Å²) >= 11 is 6.82. The molecular formula is C13H13Br2FN4. The number of hydrogen-bond acceptors (Lipinski definition) is 4. The minimum absolute atomic E-state index is 0.315. The van der Waals surface area contributed by atoms with Crippen LogP contribution in [0.1, 0.15) is 13.3 Å². The summed E-state index contributed by atoms with van der Waals surface area (Å²) in [5.74, 6) is 0.965. The highest BCUT2D eigenvalue weighted by molar-refractivity contribution is 9.11. The Labute approximate surface area is 133 Å². The Bertz CT molecular complexity index is 607. The molecule has 0 bridgehead atoms. The van der Waals surface area contributed by atoms with E-state index in [0.29, 0.717) is 21.8 Å². The monoisotopic (exact) mass is 402 g/mol. The smallest absolute Gasteiger partial charge is 0.150 e. The van der Waals surface area contributed by atoms with Gasteiger partial charge in [0.2, 0.25) is 0 Å². The van der Waals surface area contributed by atoms with Gasteiger partial charge in [-0.15, -0.1) is 0 Å². The number of nitrogens with zero attached hydrogens (tertiary/aromatic N) is 2. The maximum Gasteiger partial charge on any atom is 0.150 e. The molecule has 0 spiro atoms. The molecule has 0 aliphatic rings. The first-order valence-corrected chi connectivity index (χ1v) is 7.67. The lowest BCUT2D eigenvalue weighted by Gasteiger charge is -2.12. The Hall–Kier alpha value is -1.21. The number of aromatic nitrogens is 2. The predicted octanol–water partition coefficient (Wildman–Crippen LogP) is 4.71. The van der Waals surface area contributed by atoms with Gasteiger partial charge in [0.15, 0.2) is 0 Å². The van der Waals surface area contributed by atoms with Crippen LogP contribution >= 0.6 is 31.9 Å². The van der Waals surface area contributed by atoms with E-state index >= 15 is 0 Å². The Morgan fingerprint density at radius 2 is 1.95 bits per heavy atom. The molecule has 20 heavy (non-hydrogen) atoms. The zero-order valence-electron chi connectivity index (χ0n) is 10.8. The van der Waals surface area contributed by atoms with Crippen LogP contribution in [0.25, 0.3) is 0 Å². The van der Waals surface area contributed by atoms with Crippen molar-refractivity contribution < 1.29 is 4.39 Å². The molecule has 0 aliphatic heterocycles. The summed E-state index contributed by atoms with van der Waals surface area (Å²) in [5.41, 5.74) is 0.603. The van der Waals surface area contributed by atoms with Crippen LogP contribution in [0.2, 0.25) is 0 Å². The Morgan fingerprint density at radius 1 is 1.20 bits per heavy atom. The van der Waals surface area contributed by atoms with Crippen molar-refractivity contribution in [2.45, 2.75) is 13.3 Å². The molecule has 1 aromatic heterocycles. The quantitative estimate of drug-likeness (QED) is 0.759. The molecule has 2 rings (SSSR count). The van der Waals surface area contributed by atoms with Crippen molar-refractivity contribution in [3.63, 3.8) is 0 Å². The van der Waals surface area contributed by atoms with Gasteiger partial charge in [-0.25, -0.2) is 14.4 Å². The van der Waals surface area contributed by atoms with Gasteiger partial charge < -0.3 is 10.6 Å². The first-order valence-electron chi connectivity index (χ1n) is 6.08. The minimum Gasteiger partial charge on any atom is -0.369 e. The molecular weight excluding hydrogens is 391 g/mol. The van der Waals surface area contributed by atoms with Crippen LogP contribution in [0.15, 0.2) is 33.5 Å². The van der Waals surface area contributed by atoms with Crippen molar-refractivity contribution >= 4 is 49.2 Å². The number of anilines is 3. The summed E-state index contributed by atoms with van der Waals surface area (Å²) in [4.78, 5) is 8.32.